The van der Waals surface area contributed by atoms with E-state index >= 15 is 0 Å². The Morgan fingerprint density at radius 1 is 1.46 bits per heavy atom. The molecule has 2 rings (SSSR count). The molecule has 0 fully saturated rings. The summed E-state index contributed by atoms with van der Waals surface area (Å²) in [5.41, 5.74) is 8.20. The summed E-state index contributed by atoms with van der Waals surface area (Å²) in [6, 6.07) is 3.46. The van der Waals surface area contributed by atoms with Crippen LogP contribution in [0.25, 0.3) is 0 Å². The molecule has 1 aliphatic rings. The zero-order chi connectivity index (χ0) is 9.42. The number of nitrogens with two attached hydrogens (primary N) is 1. The first kappa shape index (κ1) is 9.40. The molecule has 1 aromatic carbocycles. The van der Waals surface area contributed by atoms with E-state index < -0.39 is 0 Å². The van der Waals surface area contributed by atoms with E-state index in [4.69, 9.17) is 5.73 Å². The van der Waals surface area contributed by atoms with E-state index in [9.17, 15) is 4.39 Å². The SMILES string of the molecule is N[C@@H]1CCCc2c1ccc(F)c2I. The molecular formula is C10H11FIN. The van der Waals surface area contributed by atoms with E-state index in [1.165, 1.54) is 6.07 Å². The average Bonchev–Trinajstić information content (AvgIpc) is 2.12. The Labute approximate surface area is 90.7 Å². The van der Waals surface area contributed by atoms with Crippen molar-refractivity contribution in [2.24, 2.45) is 5.73 Å². The Kier molecular flexibility index (Phi) is 2.55. The number of hydrogen-bond donors (Lipinski definition) is 1. The molecule has 0 spiro atoms. The lowest BCUT2D eigenvalue weighted by Gasteiger charge is -2.23. The topological polar surface area (TPSA) is 26.0 Å². The van der Waals surface area contributed by atoms with Crippen molar-refractivity contribution in [1.82, 2.24) is 0 Å². The summed E-state index contributed by atoms with van der Waals surface area (Å²) < 4.78 is 13.9. The van der Waals surface area contributed by atoms with Crippen molar-refractivity contribution in [2.75, 3.05) is 0 Å². The van der Waals surface area contributed by atoms with Crippen LogP contribution in [0, 0.1) is 9.39 Å². The lowest BCUT2D eigenvalue weighted by atomic mass is 9.88. The minimum Gasteiger partial charge on any atom is -0.324 e. The number of benzene rings is 1. The summed E-state index contributed by atoms with van der Waals surface area (Å²) in [5, 5.41) is 0. The van der Waals surface area contributed by atoms with Gasteiger partial charge in [0, 0.05) is 6.04 Å². The third-order valence-corrected chi connectivity index (χ3v) is 3.74. The first-order valence-corrected chi connectivity index (χ1v) is 5.50. The minimum atomic E-state index is -0.117. The second-order valence-electron chi connectivity index (χ2n) is 3.43. The highest BCUT2D eigenvalue weighted by molar-refractivity contribution is 14.1. The molecule has 0 radical (unpaired) electrons. The number of halogens is 2. The molecule has 0 heterocycles. The standard InChI is InChI=1S/C10H11FIN/c11-8-5-4-6-7(10(8)12)2-1-3-9(6)13/h4-5,9H,1-3,13H2/t9-/m1/s1. The second-order valence-corrected chi connectivity index (χ2v) is 4.51. The molecule has 3 heteroatoms. The van der Waals surface area contributed by atoms with Crippen LogP contribution in [0.2, 0.25) is 0 Å². The lowest BCUT2D eigenvalue weighted by molar-refractivity contribution is 0.555. The average molecular weight is 291 g/mol. The van der Waals surface area contributed by atoms with Crippen LogP contribution in [0.15, 0.2) is 12.1 Å². The van der Waals surface area contributed by atoms with Gasteiger partial charge in [0.25, 0.3) is 0 Å². The van der Waals surface area contributed by atoms with Crippen molar-refractivity contribution in [3.63, 3.8) is 0 Å². The number of rotatable bonds is 0. The molecule has 0 saturated heterocycles. The molecule has 0 amide bonds. The number of fused-ring (bicyclic) bond motifs is 1. The van der Waals surface area contributed by atoms with Crippen LogP contribution in [-0.4, -0.2) is 0 Å². The van der Waals surface area contributed by atoms with Crippen molar-refractivity contribution >= 4 is 22.6 Å². The Hall–Kier alpha value is -0.160. The molecule has 2 N–H and O–H groups in total. The van der Waals surface area contributed by atoms with Gasteiger partial charge in [0.05, 0.1) is 3.57 Å². The van der Waals surface area contributed by atoms with Crippen molar-refractivity contribution in [2.45, 2.75) is 25.3 Å². The predicted octanol–water partition coefficient (Wildman–Crippen LogP) is 2.77. The fraction of sp³-hybridized carbons (Fsp3) is 0.400. The van der Waals surface area contributed by atoms with Crippen LogP contribution in [0.4, 0.5) is 4.39 Å². The molecule has 13 heavy (non-hydrogen) atoms. The van der Waals surface area contributed by atoms with Gasteiger partial charge in [-0.05, 0) is 59.0 Å². The van der Waals surface area contributed by atoms with E-state index in [-0.39, 0.29) is 11.9 Å². The minimum absolute atomic E-state index is 0.109. The summed E-state index contributed by atoms with van der Waals surface area (Å²) in [6.07, 6.45) is 3.07. The summed E-state index contributed by atoms with van der Waals surface area (Å²) in [5.74, 6) is -0.117. The van der Waals surface area contributed by atoms with Gasteiger partial charge in [-0.1, -0.05) is 6.07 Å². The highest BCUT2D eigenvalue weighted by Crippen LogP contribution is 2.32. The summed E-state index contributed by atoms with van der Waals surface area (Å²) in [7, 11) is 0. The molecule has 0 unspecified atom stereocenters. The molecule has 70 valence electrons. The molecular weight excluding hydrogens is 280 g/mol. The first-order chi connectivity index (χ1) is 6.20. The van der Waals surface area contributed by atoms with Gasteiger partial charge in [0.2, 0.25) is 0 Å². The monoisotopic (exact) mass is 291 g/mol. The van der Waals surface area contributed by atoms with E-state index in [1.54, 1.807) is 0 Å². The summed E-state index contributed by atoms with van der Waals surface area (Å²) in [4.78, 5) is 0. The molecule has 1 aromatic rings. The smallest absolute Gasteiger partial charge is 0.136 e. The van der Waals surface area contributed by atoms with Gasteiger partial charge in [0.15, 0.2) is 0 Å². The largest absolute Gasteiger partial charge is 0.324 e. The van der Waals surface area contributed by atoms with Crippen LogP contribution < -0.4 is 5.73 Å². The highest BCUT2D eigenvalue weighted by atomic mass is 127. The van der Waals surface area contributed by atoms with Crippen molar-refractivity contribution < 1.29 is 4.39 Å². The predicted molar refractivity (Wildman–Crippen MR) is 59.0 cm³/mol. The maximum absolute atomic E-state index is 13.2. The molecule has 0 aromatic heterocycles. The second kappa shape index (κ2) is 3.53. The zero-order valence-corrected chi connectivity index (χ0v) is 9.34. The molecule has 0 aliphatic heterocycles. The van der Waals surface area contributed by atoms with Gasteiger partial charge in [0.1, 0.15) is 5.82 Å². The normalized spacial score (nSPS) is 21.3. The van der Waals surface area contributed by atoms with Crippen molar-refractivity contribution in [3.8, 4) is 0 Å². The summed E-state index contributed by atoms with van der Waals surface area (Å²) in [6.45, 7) is 0. The van der Waals surface area contributed by atoms with Crippen LogP contribution in [0.1, 0.15) is 30.0 Å². The van der Waals surface area contributed by atoms with E-state index in [1.807, 2.05) is 6.07 Å². The van der Waals surface area contributed by atoms with Gasteiger partial charge in [-0.15, -0.1) is 0 Å². The Morgan fingerprint density at radius 3 is 3.00 bits per heavy atom. The van der Waals surface area contributed by atoms with Crippen LogP contribution in [-0.2, 0) is 6.42 Å². The molecule has 0 saturated carbocycles. The lowest BCUT2D eigenvalue weighted by Crippen LogP contribution is -2.18. The van der Waals surface area contributed by atoms with Gasteiger partial charge in [-0.25, -0.2) is 4.39 Å². The van der Waals surface area contributed by atoms with E-state index in [2.05, 4.69) is 22.6 Å². The van der Waals surface area contributed by atoms with Crippen LogP contribution in [0.3, 0.4) is 0 Å². The van der Waals surface area contributed by atoms with Crippen molar-refractivity contribution in [1.29, 1.82) is 0 Å². The fourth-order valence-corrected chi connectivity index (χ4v) is 2.62. The zero-order valence-electron chi connectivity index (χ0n) is 7.19. The molecule has 0 bridgehead atoms. The Bertz CT molecular complexity index is 338. The van der Waals surface area contributed by atoms with Gasteiger partial charge >= 0.3 is 0 Å². The Morgan fingerprint density at radius 2 is 2.23 bits per heavy atom. The third-order valence-electron chi connectivity index (χ3n) is 2.57. The van der Waals surface area contributed by atoms with Crippen LogP contribution in [0.5, 0.6) is 0 Å². The van der Waals surface area contributed by atoms with Crippen LogP contribution >= 0.6 is 22.6 Å². The third kappa shape index (κ3) is 1.59. The van der Waals surface area contributed by atoms with Gasteiger partial charge in [-0.2, -0.15) is 0 Å². The Balaban J connectivity index is 2.56. The van der Waals surface area contributed by atoms with E-state index in [0.29, 0.717) is 0 Å². The number of hydrogen-bond acceptors (Lipinski definition) is 1. The van der Waals surface area contributed by atoms with Gasteiger partial charge < -0.3 is 5.73 Å². The fourth-order valence-electron chi connectivity index (χ4n) is 1.86. The van der Waals surface area contributed by atoms with Gasteiger partial charge in [-0.3, -0.25) is 0 Å². The maximum atomic E-state index is 13.2. The quantitative estimate of drug-likeness (QED) is 0.731. The van der Waals surface area contributed by atoms with Crippen molar-refractivity contribution in [3.05, 3.63) is 32.6 Å². The highest BCUT2D eigenvalue weighted by Gasteiger charge is 2.20. The molecule has 1 nitrogen and oxygen atoms in total. The molecule has 1 atom stereocenters. The van der Waals surface area contributed by atoms with E-state index in [0.717, 1.165) is 34.0 Å². The first-order valence-electron chi connectivity index (χ1n) is 4.42. The summed E-state index contributed by atoms with van der Waals surface area (Å²) >= 11 is 2.07. The molecule has 1 aliphatic carbocycles. The maximum Gasteiger partial charge on any atom is 0.136 e.